The van der Waals surface area contributed by atoms with E-state index in [-0.39, 0.29) is 18.1 Å². The maximum Gasteiger partial charge on any atom is 0.417 e. The number of aromatic nitrogens is 1. The Labute approximate surface area is 131 Å². The van der Waals surface area contributed by atoms with Crippen molar-refractivity contribution in [3.8, 4) is 5.75 Å². The van der Waals surface area contributed by atoms with E-state index in [0.717, 1.165) is 17.9 Å². The van der Waals surface area contributed by atoms with Crippen LogP contribution >= 0.6 is 0 Å². The summed E-state index contributed by atoms with van der Waals surface area (Å²) in [6.45, 7) is 0.373. The number of halogens is 3. The van der Waals surface area contributed by atoms with Crippen molar-refractivity contribution in [3.63, 3.8) is 0 Å². The summed E-state index contributed by atoms with van der Waals surface area (Å²) in [7, 11) is 0. The van der Waals surface area contributed by atoms with Crippen molar-refractivity contribution in [2.75, 3.05) is 11.9 Å². The van der Waals surface area contributed by atoms with Gasteiger partial charge in [-0.05, 0) is 30.7 Å². The molecule has 1 N–H and O–H groups in total. The molecule has 0 bridgehead atoms. The first-order valence-electron chi connectivity index (χ1n) is 6.96. The molecule has 7 heteroatoms. The number of alkyl halides is 3. The highest BCUT2D eigenvalue weighted by Gasteiger charge is 2.30. The van der Waals surface area contributed by atoms with Gasteiger partial charge in [0.15, 0.2) is 0 Å². The number of rotatable bonds is 6. The summed E-state index contributed by atoms with van der Waals surface area (Å²) < 4.78 is 42.6. The van der Waals surface area contributed by atoms with Crippen LogP contribution < -0.4 is 10.1 Å². The van der Waals surface area contributed by atoms with E-state index >= 15 is 0 Å². The first-order valence-corrected chi connectivity index (χ1v) is 6.96. The highest BCUT2D eigenvalue weighted by molar-refractivity contribution is 5.89. The average molecular weight is 324 g/mol. The lowest BCUT2D eigenvalue weighted by Gasteiger charge is -2.08. The second-order valence-corrected chi connectivity index (χ2v) is 4.74. The van der Waals surface area contributed by atoms with Gasteiger partial charge in [0.05, 0.1) is 12.2 Å². The highest BCUT2D eigenvalue weighted by atomic mass is 19.4. The largest absolute Gasteiger partial charge is 0.494 e. The number of hydrogen-bond donors (Lipinski definition) is 1. The van der Waals surface area contributed by atoms with Crippen molar-refractivity contribution in [1.82, 2.24) is 4.98 Å². The van der Waals surface area contributed by atoms with Gasteiger partial charge in [0, 0.05) is 12.6 Å². The molecule has 0 saturated carbocycles. The fraction of sp³-hybridized carbons (Fsp3) is 0.250. The van der Waals surface area contributed by atoms with Gasteiger partial charge >= 0.3 is 6.18 Å². The molecule has 2 rings (SSSR count). The number of nitrogens with one attached hydrogen (secondary N) is 1. The number of pyridine rings is 1. The van der Waals surface area contributed by atoms with E-state index in [2.05, 4.69) is 10.3 Å². The molecule has 0 unspecified atom stereocenters. The molecule has 1 heterocycles. The van der Waals surface area contributed by atoms with E-state index in [1.807, 2.05) is 30.3 Å². The number of benzene rings is 1. The van der Waals surface area contributed by atoms with Crippen LogP contribution in [0.5, 0.6) is 5.75 Å². The Hall–Kier alpha value is -2.57. The topological polar surface area (TPSA) is 51.2 Å². The quantitative estimate of drug-likeness (QED) is 0.820. The number of carbonyl (C=O) groups excluding carboxylic acids is 1. The molecule has 0 aliphatic rings. The first-order chi connectivity index (χ1) is 10.9. The fourth-order valence-electron chi connectivity index (χ4n) is 1.78. The van der Waals surface area contributed by atoms with Crippen LogP contribution in [0.25, 0.3) is 0 Å². The summed E-state index contributed by atoms with van der Waals surface area (Å²) in [5, 5.41) is 2.45. The summed E-state index contributed by atoms with van der Waals surface area (Å²) in [4.78, 5) is 15.3. The minimum atomic E-state index is -4.44. The molecule has 122 valence electrons. The molecule has 1 aromatic heterocycles. The molecule has 0 saturated heterocycles. The average Bonchev–Trinajstić information content (AvgIpc) is 2.52. The lowest BCUT2D eigenvalue weighted by molar-refractivity contribution is -0.137. The Morgan fingerprint density at radius 1 is 1.13 bits per heavy atom. The summed E-state index contributed by atoms with van der Waals surface area (Å²) in [5.74, 6) is 0.484. The first kappa shape index (κ1) is 16.8. The van der Waals surface area contributed by atoms with Gasteiger partial charge in [-0.25, -0.2) is 4.98 Å². The summed E-state index contributed by atoms with van der Waals surface area (Å²) in [6.07, 6.45) is -3.07. The fourth-order valence-corrected chi connectivity index (χ4v) is 1.78. The van der Waals surface area contributed by atoms with Gasteiger partial charge in [0.1, 0.15) is 11.6 Å². The van der Waals surface area contributed by atoms with Crippen LogP contribution in [-0.4, -0.2) is 17.5 Å². The van der Waals surface area contributed by atoms with Crippen LogP contribution in [-0.2, 0) is 11.0 Å². The Bertz CT molecular complexity index is 628. The minimum absolute atomic E-state index is 0.0898. The lowest BCUT2D eigenvalue weighted by Crippen LogP contribution is -2.14. The number of para-hydroxylation sites is 1. The van der Waals surface area contributed by atoms with Gasteiger partial charge in [0.25, 0.3) is 0 Å². The van der Waals surface area contributed by atoms with E-state index in [4.69, 9.17) is 4.74 Å². The van der Waals surface area contributed by atoms with Gasteiger partial charge < -0.3 is 10.1 Å². The van der Waals surface area contributed by atoms with Gasteiger partial charge in [-0.15, -0.1) is 0 Å². The van der Waals surface area contributed by atoms with Crippen LogP contribution in [0, 0.1) is 0 Å². The smallest absolute Gasteiger partial charge is 0.417 e. The van der Waals surface area contributed by atoms with Crippen molar-refractivity contribution >= 4 is 11.7 Å². The predicted molar refractivity (Wildman–Crippen MR) is 79.0 cm³/mol. The van der Waals surface area contributed by atoms with Gasteiger partial charge in [-0.1, -0.05) is 18.2 Å². The van der Waals surface area contributed by atoms with E-state index < -0.39 is 11.7 Å². The Morgan fingerprint density at radius 3 is 2.48 bits per heavy atom. The van der Waals surface area contributed by atoms with E-state index in [1.54, 1.807) is 0 Å². The van der Waals surface area contributed by atoms with Crippen molar-refractivity contribution in [2.24, 2.45) is 0 Å². The third kappa shape index (κ3) is 5.61. The minimum Gasteiger partial charge on any atom is -0.494 e. The second-order valence-electron chi connectivity index (χ2n) is 4.74. The van der Waals surface area contributed by atoms with E-state index in [1.165, 1.54) is 0 Å². The number of hydrogen-bond acceptors (Lipinski definition) is 3. The summed E-state index contributed by atoms with van der Waals surface area (Å²) in [5.41, 5.74) is -0.855. The number of amides is 1. The lowest BCUT2D eigenvalue weighted by atomic mass is 10.2. The number of carbonyl (C=O) groups is 1. The molecule has 0 fully saturated rings. The third-order valence-electron chi connectivity index (χ3n) is 2.92. The van der Waals surface area contributed by atoms with Gasteiger partial charge in [-0.2, -0.15) is 13.2 Å². The van der Waals surface area contributed by atoms with Gasteiger partial charge in [-0.3, -0.25) is 4.79 Å². The van der Waals surface area contributed by atoms with Crippen molar-refractivity contribution in [1.29, 1.82) is 0 Å². The molecule has 0 aliphatic carbocycles. The molecule has 1 amide bonds. The molecule has 0 spiro atoms. The monoisotopic (exact) mass is 324 g/mol. The number of ether oxygens (including phenoxy) is 1. The van der Waals surface area contributed by atoms with Crippen molar-refractivity contribution in [2.45, 2.75) is 19.0 Å². The van der Waals surface area contributed by atoms with Crippen LogP contribution in [0.3, 0.4) is 0 Å². The maximum atomic E-state index is 12.4. The Balaban J connectivity index is 1.72. The zero-order valence-electron chi connectivity index (χ0n) is 12.1. The molecule has 0 atom stereocenters. The molecule has 0 aliphatic heterocycles. The molecular formula is C16H15F3N2O2. The van der Waals surface area contributed by atoms with Gasteiger partial charge in [0.2, 0.25) is 5.91 Å². The second kappa shape index (κ2) is 7.62. The zero-order valence-corrected chi connectivity index (χ0v) is 12.1. The predicted octanol–water partition coefficient (Wildman–Crippen LogP) is 3.90. The third-order valence-corrected chi connectivity index (χ3v) is 2.92. The molecular weight excluding hydrogens is 309 g/mol. The normalized spacial score (nSPS) is 11.1. The molecule has 1 aromatic carbocycles. The van der Waals surface area contributed by atoms with E-state index in [9.17, 15) is 18.0 Å². The Morgan fingerprint density at radius 2 is 1.87 bits per heavy atom. The molecule has 23 heavy (non-hydrogen) atoms. The van der Waals surface area contributed by atoms with Crippen molar-refractivity contribution < 1.29 is 22.7 Å². The SMILES string of the molecule is O=C(CCCOc1ccccc1)Nc1ccc(C(F)(F)F)cn1. The highest BCUT2D eigenvalue weighted by Crippen LogP contribution is 2.28. The zero-order chi connectivity index (χ0) is 16.7. The number of nitrogens with zero attached hydrogens (tertiary/aromatic N) is 1. The van der Waals surface area contributed by atoms with E-state index in [0.29, 0.717) is 19.2 Å². The molecule has 0 radical (unpaired) electrons. The maximum absolute atomic E-state index is 12.4. The van der Waals surface area contributed by atoms with Crippen molar-refractivity contribution in [3.05, 3.63) is 54.2 Å². The number of anilines is 1. The van der Waals surface area contributed by atoms with Crippen LogP contribution in [0.15, 0.2) is 48.7 Å². The van der Waals surface area contributed by atoms with Crippen LogP contribution in [0.4, 0.5) is 19.0 Å². The Kier molecular flexibility index (Phi) is 5.56. The molecule has 4 nitrogen and oxygen atoms in total. The molecule has 2 aromatic rings. The van der Waals surface area contributed by atoms with Crippen LogP contribution in [0.1, 0.15) is 18.4 Å². The standard InChI is InChI=1S/C16H15F3N2O2/c17-16(18,19)12-8-9-14(20-11-12)21-15(22)7-4-10-23-13-5-2-1-3-6-13/h1-3,5-6,8-9,11H,4,7,10H2,(H,20,21,22). The summed E-state index contributed by atoms with van der Waals surface area (Å²) >= 11 is 0. The summed E-state index contributed by atoms with van der Waals surface area (Å²) in [6, 6.07) is 11.2. The van der Waals surface area contributed by atoms with Crippen LogP contribution in [0.2, 0.25) is 0 Å².